The molecule has 3 heterocycles. The molecule has 0 aliphatic carbocycles. The Morgan fingerprint density at radius 2 is 2.07 bits per heavy atom. The number of likely N-dealkylation sites (tertiary alicyclic amines) is 1. The molecule has 0 aromatic carbocycles. The topological polar surface area (TPSA) is 77.0 Å². The number of hydrogen-bond donors (Lipinski definition) is 1. The number of halogens is 3. The first-order valence-corrected chi connectivity index (χ1v) is 8.80. The molecule has 1 saturated heterocycles. The standard InChI is InChI=1S/C18H22F3N5O/c1-11-15(8-17(27)25-7-3-4-14(25)9-22)12(2)26(24-11)16-6-5-13(10-23-16)18(19,20)21/h5-6,10,14H,3-4,7-9,22H2,1-2H3/t14-/m0/s1. The summed E-state index contributed by atoms with van der Waals surface area (Å²) in [6, 6.07) is 2.32. The van der Waals surface area contributed by atoms with Gasteiger partial charge in [0, 0.05) is 36.6 Å². The molecule has 1 aliphatic heterocycles. The fourth-order valence-corrected chi connectivity index (χ4v) is 3.49. The molecule has 2 aromatic heterocycles. The van der Waals surface area contributed by atoms with Gasteiger partial charge in [-0.1, -0.05) is 0 Å². The van der Waals surface area contributed by atoms with Crippen LogP contribution in [0.4, 0.5) is 13.2 Å². The Hall–Kier alpha value is -2.42. The van der Waals surface area contributed by atoms with Gasteiger partial charge in [0.2, 0.25) is 5.91 Å². The van der Waals surface area contributed by atoms with E-state index < -0.39 is 11.7 Å². The lowest BCUT2D eigenvalue weighted by Gasteiger charge is -2.23. The lowest BCUT2D eigenvalue weighted by Crippen LogP contribution is -2.40. The highest BCUT2D eigenvalue weighted by Crippen LogP contribution is 2.29. The monoisotopic (exact) mass is 381 g/mol. The van der Waals surface area contributed by atoms with Gasteiger partial charge in [0.05, 0.1) is 17.7 Å². The minimum Gasteiger partial charge on any atom is -0.338 e. The molecule has 9 heteroatoms. The van der Waals surface area contributed by atoms with E-state index in [1.165, 1.54) is 10.7 Å². The third-order valence-corrected chi connectivity index (χ3v) is 5.03. The van der Waals surface area contributed by atoms with E-state index in [-0.39, 0.29) is 24.2 Å². The maximum Gasteiger partial charge on any atom is 0.417 e. The Balaban J connectivity index is 1.83. The third-order valence-electron chi connectivity index (χ3n) is 5.03. The first-order valence-electron chi connectivity index (χ1n) is 8.80. The molecule has 0 saturated carbocycles. The molecule has 0 bridgehead atoms. The minimum atomic E-state index is -4.44. The Morgan fingerprint density at radius 3 is 2.67 bits per heavy atom. The van der Waals surface area contributed by atoms with Crippen molar-refractivity contribution in [2.45, 2.75) is 45.3 Å². The first-order chi connectivity index (χ1) is 12.7. The maximum absolute atomic E-state index is 12.7. The number of carbonyl (C=O) groups excluding carboxylic acids is 1. The summed E-state index contributed by atoms with van der Waals surface area (Å²) in [5.41, 5.74) is 7.04. The van der Waals surface area contributed by atoms with E-state index in [0.29, 0.717) is 24.5 Å². The molecule has 2 aromatic rings. The summed E-state index contributed by atoms with van der Waals surface area (Å²) in [7, 11) is 0. The zero-order chi connectivity index (χ0) is 19.8. The van der Waals surface area contributed by atoms with E-state index in [4.69, 9.17) is 5.73 Å². The summed E-state index contributed by atoms with van der Waals surface area (Å²) in [5.74, 6) is 0.275. The molecule has 0 radical (unpaired) electrons. The average Bonchev–Trinajstić information content (AvgIpc) is 3.21. The van der Waals surface area contributed by atoms with E-state index in [0.717, 1.165) is 30.7 Å². The van der Waals surface area contributed by atoms with Crippen molar-refractivity contribution >= 4 is 5.91 Å². The van der Waals surface area contributed by atoms with Crippen molar-refractivity contribution in [3.8, 4) is 5.82 Å². The Kier molecular flexibility index (Phi) is 5.23. The number of carbonyl (C=O) groups is 1. The van der Waals surface area contributed by atoms with Crippen LogP contribution in [0.1, 0.15) is 35.4 Å². The molecule has 0 spiro atoms. The fraction of sp³-hybridized carbons (Fsp3) is 0.500. The molecular weight excluding hydrogens is 359 g/mol. The molecule has 27 heavy (non-hydrogen) atoms. The van der Waals surface area contributed by atoms with Crippen molar-refractivity contribution in [2.24, 2.45) is 5.73 Å². The van der Waals surface area contributed by atoms with E-state index in [1.54, 1.807) is 13.8 Å². The van der Waals surface area contributed by atoms with Gasteiger partial charge in [-0.15, -0.1) is 0 Å². The second-order valence-electron chi connectivity index (χ2n) is 6.76. The van der Waals surface area contributed by atoms with Crippen LogP contribution < -0.4 is 5.73 Å². The number of amides is 1. The van der Waals surface area contributed by atoms with Gasteiger partial charge in [-0.3, -0.25) is 4.79 Å². The van der Waals surface area contributed by atoms with Gasteiger partial charge in [-0.25, -0.2) is 9.67 Å². The summed E-state index contributed by atoms with van der Waals surface area (Å²) in [5, 5.41) is 4.37. The predicted molar refractivity (Wildman–Crippen MR) is 93.3 cm³/mol. The molecule has 1 amide bonds. The van der Waals surface area contributed by atoms with Gasteiger partial charge in [-0.05, 0) is 38.8 Å². The molecule has 1 aliphatic rings. The highest BCUT2D eigenvalue weighted by Gasteiger charge is 2.31. The molecule has 0 unspecified atom stereocenters. The lowest BCUT2D eigenvalue weighted by atomic mass is 10.1. The SMILES string of the molecule is Cc1nn(-c2ccc(C(F)(F)F)cn2)c(C)c1CC(=O)N1CCC[C@H]1CN. The highest BCUT2D eigenvalue weighted by molar-refractivity contribution is 5.80. The number of rotatable bonds is 4. The summed E-state index contributed by atoms with van der Waals surface area (Å²) in [6.45, 7) is 4.71. The zero-order valence-corrected chi connectivity index (χ0v) is 15.3. The quantitative estimate of drug-likeness (QED) is 0.882. The molecule has 2 N–H and O–H groups in total. The highest BCUT2D eigenvalue weighted by atomic mass is 19.4. The lowest BCUT2D eigenvalue weighted by molar-refractivity contribution is -0.137. The minimum absolute atomic E-state index is 0.00548. The number of pyridine rings is 1. The van der Waals surface area contributed by atoms with Crippen LogP contribution in [0, 0.1) is 13.8 Å². The zero-order valence-electron chi connectivity index (χ0n) is 15.3. The number of nitrogens with zero attached hydrogens (tertiary/aromatic N) is 4. The van der Waals surface area contributed by atoms with Crippen molar-refractivity contribution in [3.05, 3.63) is 40.8 Å². The van der Waals surface area contributed by atoms with Gasteiger partial charge in [0.1, 0.15) is 0 Å². The molecule has 6 nitrogen and oxygen atoms in total. The van der Waals surface area contributed by atoms with Gasteiger partial charge in [0.25, 0.3) is 0 Å². The van der Waals surface area contributed by atoms with Gasteiger partial charge >= 0.3 is 6.18 Å². The van der Waals surface area contributed by atoms with Crippen molar-refractivity contribution in [3.63, 3.8) is 0 Å². The number of alkyl halides is 3. The number of aromatic nitrogens is 3. The summed E-state index contributed by atoms with van der Waals surface area (Å²) < 4.78 is 39.6. The maximum atomic E-state index is 12.7. The summed E-state index contributed by atoms with van der Waals surface area (Å²) >= 11 is 0. The van der Waals surface area contributed by atoms with Crippen LogP contribution in [0.2, 0.25) is 0 Å². The molecule has 1 fully saturated rings. The van der Waals surface area contributed by atoms with Gasteiger partial charge < -0.3 is 10.6 Å². The van der Waals surface area contributed by atoms with Crippen molar-refractivity contribution in [1.29, 1.82) is 0 Å². The van der Waals surface area contributed by atoms with E-state index in [9.17, 15) is 18.0 Å². The Morgan fingerprint density at radius 1 is 1.33 bits per heavy atom. The number of aryl methyl sites for hydroxylation is 1. The van der Waals surface area contributed by atoms with Crippen molar-refractivity contribution < 1.29 is 18.0 Å². The molecular formula is C18H22F3N5O. The summed E-state index contributed by atoms with van der Waals surface area (Å²) in [6.07, 6.45) is -1.61. The van der Waals surface area contributed by atoms with Crippen LogP contribution in [-0.2, 0) is 17.4 Å². The predicted octanol–water partition coefficient (Wildman–Crippen LogP) is 2.40. The van der Waals surface area contributed by atoms with Crippen molar-refractivity contribution in [2.75, 3.05) is 13.1 Å². The van der Waals surface area contributed by atoms with E-state index >= 15 is 0 Å². The Labute approximate surface area is 155 Å². The van der Waals surface area contributed by atoms with Crippen LogP contribution in [0.3, 0.4) is 0 Å². The van der Waals surface area contributed by atoms with Crippen molar-refractivity contribution in [1.82, 2.24) is 19.7 Å². The van der Waals surface area contributed by atoms with Crippen LogP contribution in [0.15, 0.2) is 18.3 Å². The van der Waals surface area contributed by atoms with Gasteiger partial charge in [0.15, 0.2) is 5.82 Å². The smallest absolute Gasteiger partial charge is 0.338 e. The Bertz CT molecular complexity index is 829. The third kappa shape index (κ3) is 3.83. The van der Waals surface area contributed by atoms with Crippen LogP contribution in [0.5, 0.6) is 0 Å². The first kappa shape index (κ1) is 19.3. The van der Waals surface area contributed by atoms with Crippen LogP contribution in [0.25, 0.3) is 5.82 Å². The van der Waals surface area contributed by atoms with Crippen LogP contribution in [-0.4, -0.2) is 44.7 Å². The van der Waals surface area contributed by atoms with Gasteiger partial charge in [-0.2, -0.15) is 18.3 Å². The molecule has 1 atom stereocenters. The number of nitrogens with two attached hydrogens (primary N) is 1. The second kappa shape index (κ2) is 7.30. The van der Waals surface area contributed by atoms with E-state index in [2.05, 4.69) is 10.1 Å². The average molecular weight is 381 g/mol. The fourth-order valence-electron chi connectivity index (χ4n) is 3.49. The molecule has 146 valence electrons. The normalized spacial score (nSPS) is 17.6. The van der Waals surface area contributed by atoms with Crippen LogP contribution >= 0.6 is 0 Å². The van der Waals surface area contributed by atoms with E-state index in [1.807, 2.05) is 4.90 Å². The second-order valence-corrected chi connectivity index (χ2v) is 6.76. The molecule has 3 rings (SSSR count). The summed E-state index contributed by atoms with van der Waals surface area (Å²) in [4.78, 5) is 18.4. The number of hydrogen-bond acceptors (Lipinski definition) is 4. The largest absolute Gasteiger partial charge is 0.417 e.